The zero-order chi connectivity index (χ0) is 25.5. The number of hydrogen-bond donors (Lipinski definition) is 1. The number of rotatable bonds is 9. The Morgan fingerprint density at radius 1 is 1.11 bits per heavy atom. The number of benzene rings is 2. The fraction of sp³-hybridized carbons (Fsp3) is 0.222. The van der Waals surface area contributed by atoms with Crippen molar-refractivity contribution in [2.45, 2.75) is 26.3 Å². The number of nitrogens with zero attached hydrogens (tertiary/aromatic N) is 4. The Kier molecular flexibility index (Phi) is 7.66. The summed E-state index contributed by atoms with van der Waals surface area (Å²) in [7, 11) is 0. The van der Waals surface area contributed by atoms with E-state index in [2.05, 4.69) is 21.5 Å². The van der Waals surface area contributed by atoms with Gasteiger partial charge in [-0.2, -0.15) is 14.8 Å². The molecule has 2 aromatic heterocycles. The highest BCUT2D eigenvalue weighted by molar-refractivity contribution is 5.93. The Balaban J connectivity index is 1.62. The van der Waals surface area contributed by atoms with Gasteiger partial charge >= 0.3 is 5.97 Å². The van der Waals surface area contributed by atoms with Crippen LogP contribution < -0.4 is 10.9 Å². The van der Waals surface area contributed by atoms with Gasteiger partial charge in [0.05, 0.1) is 35.7 Å². The van der Waals surface area contributed by atoms with Gasteiger partial charge in [-0.3, -0.25) is 9.59 Å². The first-order valence-electron chi connectivity index (χ1n) is 11.6. The predicted molar refractivity (Wildman–Crippen MR) is 134 cm³/mol. The Morgan fingerprint density at radius 3 is 2.56 bits per heavy atom. The van der Waals surface area contributed by atoms with E-state index in [0.717, 1.165) is 5.56 Å². The normalized spacial score (nSPS) is 10.7. The number of pyridine rings is 1. The van der Waals surface area contributed by atoms with Crippen LogP contribution in [0.5, 0.6) is 0 Å². The maximum atomic E-state index is 15.2. The van der Waals surface area contributed by atoms with Crippen LogP contribution in [-0.2, 0) is 16.1 Å². The zero-order valence-corrected chi connectivity index (χ0v) is 19.7. The average Bonchev–Trinajstić information content (AvgIpc) is 2.89. The number of esters is 1. The lowest BCUT2D eigenvalue weighted by molar-refractivity contribution is -0.143. The number of ether oxygens (including phenoxy) is 1. The average molecular weight is 486 g/mol. The molecule has 0 saturated heterocycles. The second-order valence-electron chi connectivity index (χ2n) is 8.04. The van der Waals surface area contributed by atoms with Gasteiger partial charge in [-0.25, -0.2) is 9.67 Å². The van der Waals surface area contributed by atoms with Crippen LogP contribution in [0.2, 0.25) is 0 Å². The molecule has 0 aliphatic heterocycles. The van der Waals surface area contributed by atoms with Gasteiger partial charge in [0.25, 0.3) is 5.56 Å². The SMILES string of the molecule is CCOC(=O)CCCNc1ccc(-c2nn(Cc3ccc(C#N)cc3)c(=O)c3ccccc23)c(F)n1. The lowest BCUT2D eigenvalue weighted by atomic mass is 10.1. The molecular formula is C27H24FN5O3. The molecule has 4 rings (SSSR count). The Morgan fingerprint density at radius 2 is 1.86 bits per heavy atom. The minimum atomic E-state index is -0.730. The second kappa shape index (κ2) is 11.2. The highest BCUT2D eigenvalue weighted by Gasteiger charge is 2.17. The molecule has 0 saturated carbocycles. The molecule has 4 aromatic rings. The van der Waals surface area contributed by atoms with E-state index < -0.39 is 5.95 Å². The number of fused-ring (bicyclic) bond motifs is 1. The van der Waals surface area contributed by atoms with E-state index in [1.54, 1.807) is 67.6 Å². The number of nitriles is 1. The van der Waals surface area contributed by atoms with Crippen molar-refractivity contribution >= 4 is 22.6 Å². The molecular weight excluding hydrogens is 461 g/mol. The third-order valence-corrected chi connectivity index (χ3v) is 5.56. The van der Waals surface area contributed by atoms with Crippen molar-refractivity contribution in [2.24, 2.45) is 0 Å². The van der Waals surface area contributed by atoms with Crippen molar-refractivity contribution in [1.82, 2.24) is 14.8 Å². The maximum absolute atomic E-state index is 15.2. The molecule has 8 nitrogen and oxygen atoms in total. The van der Waals surface area contributed by atoms with Crippen molar-refractivity contribution in [3.05, 3.63) is 88.1 Å². The monoisotopic (exact) mass is 485 g/mol. The number of carbonyl (C=O) groups excluding carboxylic acids is 1. The van der Waals surface area contributed by atoms with E-state index >= 15 is 4.39 Å². The van der Waals surface area contributed by atoms with E-state index in [1.807, 2.05) is 0 Å². The molecule has 0 spiro atoms. The summed E-state index contributed by atoms with van der Waals surface area (Å²) in [5, 5.41) is 17.4. The summed E-state index contributed by atoms with van der Waals surface area (Å²) in [6.07, 6.45) is 0.786. The van der Waals surface area contributed by atoms with Crippen molar-refractivity contribution < 1.29 is 13.9 Å². The maximum Gasteiger partial charge on any atom is 0.305 e. The van der Waals surface area contributed by atoms with Gasteiger partial charge in [0.1, 0.15) is 11.5 Å². The van der Waals surface area contributed by atoms with E-state index in [-0.39, 0.29) is 30.1 Å². The summed E-state index contributed by atoms with van der Waals surface area (Å²) < 4.78 is 21.3. The quantitative estimate of drug-likeness (QED) is 0.214. The standard InChI is InChI=1S/C27H24FN5O3/c1-2-36-24(34)8-5-15-30-23-14-13-22(26(28)31-23)25-20-6-3-4-7-21(20)27(35)33(32-25)17-19-11-9-18(16-29)10-12-19/h3-4,6-7,9-14H,2,5,8,15,17H2,1H3,(H,30,31). The van der Waals surface area contributed by atoms with Gasteiger partial charge in [0.15, 0.2) is 0 Å². The molecule has 0 radical (unpaired) electrons. The van der Waals surface area contributed by atoms with E-state index in [0.29, 0.717) is 47.4 Å². The molecule has 9 heteroatoms. The van der Waals surface area contributed by atoms with Crippen molar-refractivity contribution in [2.75, 3.05) is 18.5 Å². The molecule has 0 fully saturated rings. The van der Waals surface area contributed by atoms with Crippen LogP contribution >= 0.6 is 0 Å². The lowest BCUT2D eigenvalue weighted by Crippen LogP contribution is -2.24. The summed E-state index contributed by atoms with van der Waals surface area (Å²) in [5.41, 5.74) is 1.47. The fourth-order valence-electron chi connectivity index (χ4n) is 3.79. The van der Waals surface area contributed by atoms with Gasteiger partial charge < -0.3 is 10.1 Å². The number of carbonyl (C=O) groups is 1. The van der Waals surface area contributed by atoms with Crippen LogP contribution in [0.3, 0.4) is 0 Å². The Bertz CT molecular complexity index is 1490. The van der Waals surface area contributed by atoms with Crippen molar-refractivity contribution in [3.63, 3.8) is 0 Å². The molecule has 2 aromatic carbocycles. The molecule has 0 aliphatic rings. The molecule has 0 amide bonds. The molecule has 0 aliphatic carbocycles. The van der Waals surface area contributed by atoms with Gasteiger partial charge in [-0.15, -0.1) is 0 Å². The van der Waals surface area contributed by atoms with Crippen molar-refractivity contribution in [3.8, 4) is 17.3 Å². The van der Waals surface area contributed by atoms with Gasteiger partial charge in [0, 0.05) is 18.4 Å². The van der Waals surface area contributed by atoms with Gasteiger partial charge in [0.2, 0.25) is 5.95 Å². The topological polar surface area (TPSA) is 110 Å². The summed E-state index contributed by atoms with van der Waals surface area (Å²) in [4.78, 5) is 28.6. The highest BCUT2D eigenvalue weighted by Crippen LogP contribution is 2.27. The number of anilines is 1. The second-order valence-corrected chi connectivity index (χ2v) is 8.04. The molecule has 2 heterocycles. The smallest absolute Gasteiger partial charge is 0.305 e. The Labute approximate surface area is 207 Å². The highest BCUT2D eigenvalue weighted by atomic mass is 19.1. The molecule has 1 N–H and O–H groups in total. The zero-order valence-electron chi connectivity index (χ0n) is 19.7. The molecule has 0 unspecified atom stereocenters. The van der Waals surface area contributed by atoms with Crippen LogP contribution in [0.15, 0.2) is 65.5 Å². The van der Waals surface area contributed by atoms with E-state index in [9.17, 15) is 9.59 Å². The largest absolute Gasteiger partial charge is 0.466 e. The van der Waals surface area contributed by atoms with Gasteiger partial charge in [-0.1, -0.05) is 30.3 Å². The van der Waals surface area contributed by atoms with Crippen LogP contribution in [0.25, 0.3) is 22.0 Å². The molecule has 0 bridgehead atoms. The first kappa shape index (κ1) is 24.5. The van der Waals surface area contributed by atoms with Crippen molar-refractivity contribution in [1.29, 1.82) is 5.26 Å². The number of nitrogens with one attached hydrogen (secondary N) is 1. The van der Waals surface area contributed by atoms with E-state index in [1.165, 1.54) is 4.68 Å². The molecule has 0 atom stereocenters. The lowest BCUT2D eigenvalue weighted by Gasteiger charge is -2.13. The molecule has 182 valence electrons. The third-order valence-electron chi connectivity index (χ3n) is 5.56. The number of aromatic nitrogens is 3. The predicted octanol–water partition coefficient (Wildman–Crippen LogP) is 4.27. The van der Waals surface area contributed by atoms with Crippen LogP contribution in [-0.4, -0.2) is 33.9 Å². The first-order valence-corrected chi connectivity index (χ1v) is 11.6. The minimum absolute atomic E-state index is 0.164. The summed E-state index contributed by atoms with van der Waals surface area (Å²) in [6, 6.07) is 19.0. The Hall–Kier alpha value is -4.58. The minimum Gasteiger partial charge on any atom is -0.466 e. The van der Waals surface area contributed by atoms with Crippen LogP contribution in [0.1, 0.15) is 30.9 Å². The number of halogens is 1. The summed E-state index contributed by atoms with van der Waals surface area (Å²) in [6.45, 7) is 2.68. The van der Waals surface area contributed by atoms with E-state index in [4.69, 9.17) is 10.00 Å². The van der Waals surface area contributed by atoms with Crippen LogP contribution in [0, 0.1) is 17.3 Å². The first-order chi connectivity index (χ1) is 17.5. The number of hydrogen-bond acceptors (Lipinski definition) is 7. The van der Waals surface area contributed by atoms with Gasteiger partial charge in [-0.05, 0) is 49.2 Å². The third kappa shape index (κ3) is 5.55. The summed E-state index contributed by atoms with van der Waals surface area (Å²) >= 11 is 0. The van der Waals surface area contributed by atoms with Crippen LogP contribution in [0.4, 0.5) is 10.2 Å². The summed E-state index contributed by atoms with van der Waals surface area (Å²) in [5.74, 6) is -0.676. The fourth-order valence-corrected chi connectivity index (χ4v) is 3.79. The molecule has 36 heavy (non-hydrogen) atoms.